The summed E-state index contributed by atoms with van der Waals surface area (Å²) in [7, 11) is -4.17. The summed E-state index contributed by atoms with van der Waals surface area (Å²) in [5.74, 6) is -0.701. The Balaban J connectivity index is 0. The van der Waals surface area contributed by atoms with Crippen molar-refractivity contribution in [1.29, 1.82) is 5.41 Å². The first-order valence-electron chi connectivity index (χ1n) is 1.49. The molecule has 0 saturated heterocycles. The summed E-state index contributed by atoms with van der Waals surface area (Å²) in [5, 5.41) is 6.15. The van der Waals surface area contributed by atoms with Crippen LogP contribution in [-0.2, 0) is 10.1 Å². The fourth-order valence-electron chi connectivity index (χ4n) is 0.102. The average molecular weight is 145 g/mol. The van der Waals surface area contributed by atoms with Crippen molar-refractivity contribution in [3.8, 4) is 0 Å². The third-order valence-corrected chi connectivity index (χ3v) is 0.862. The molecule has 1 N–H and O–H groups in total. The van der Waals surface area contributed by atoms with Gasteiger partial charge >= 0.3 is 29.6 Å². The van der Waals surface area contributed by atoms with Gasteiger partial charge in [-0.05, 0) is 0 Å². The Bertz CT molecular complexity index is 151. The van der Waals surface area contributed by atoms with Gasteiger partial charge in [-0.25, -0.2) is 8.42 Å². The SMILES string of the molecule is N=CCS(=O)(=O)[O-].[Na+]. The molecule has 0 aliphatic heterocycles. The molecular formula is C2H4NNaO3S. The zero-order valence-corrected chi connectivity index (χ0v) is 7.23. The van der Waals surface area contributed by atoms with Gasteiger partial charge in [-0.2, -0.15) is 0 Å². The molecule has 6 heteroatoms. The minimum atomic E-state index is -4.17. The van der Waals surface area contributed by atoms with E-state index in [1.54, 1.807) is 0 Å². The average Bonchev–Trinajstić information content (AvgIpc) is 1.30. The summed E-state index contributed by atoms with van der Waals surface area (Å²) in [4.78, 5) is 0. The van der Waals surface area contributed by atoms with E-state index in [9.17, 15) is 13.0 Å². The molecule has 0 aromatic heterocycles. The van der Waals surface area contributed by atoms with Gasteiger partial charge in [0.2, 0.25) is 0 Å². The van der Waals surface area contributed by atoms with Crippen molar-refractivity contribution in [3.63, 3.8) is 0 Å². The monoisotopic (exact) mass is 145 g/mol. The van der Waals surface area contributed by atoms with Gasteiger partial charge in [-0.1, -0.05) is 0 Å². The maximum atomic E-state index is 9.52. The summed E-state index contributed by atoms with van der Waals surface area (Å²) in [6.45, 7) is 0. The largest absolute Gasteiger partial charge is 1.00 e. The van der Waals surface area contributed by atoms with Crippen molar-refractivity contribution < 1.29 is 42.5 Å². The van der Waals surface area contributed by atoms with Crippen LogP contribution in [0.4, 0.5) is 0 Å². The quantitative estimate of drug-likeness (QED) is 0.245. The van der Waals surface area contributed by atoms with Crippen LogP contribution in [0.25, 0.3) is 0 Å². The van der Waals surface area contributed by atoms with Gasteiger partial charge in [0.25, 0.3) is 0 Å². The van der Waals surface area contributed by atoms with Crippen LogP contribution < -0.4 is 29.6 Å². The van der Waals surface area contributed by atoms with Gasteiger partial charge in [0.1, 0.15) is 0 Å². The Morgan fingerprint density at radius 1 is 1.62 bits per heavy atom. The standard InChI is InChI=1S/C2H5NO3S.Na/c3-1-2-7(4,5)6;/h1,3H,2H2,(H,4,5,6);/q;+1/p-1. The van der Waals surface area contributed by atoms with E-state index in [-0.39, 0.29) is 29.6 Å². The van der Waals surface area contributed by atoms with E-state index in [1.165, 1.54) is 0 Å². The molecule has 0 aromatic rings. The summed E-state index contributed by atoms with van der Waals surface area (Å²) < 4.78 is 28.6. The van der Waals surface area contributed by atoms with Gasteiger partial charge in [-0.15, -0.1) is 0 Å². The Hall–Kier alpha value is 0.580. The number of hydrogen-bond acceptors (Lipinski definition) is 4. The predicted molar refractivity (Wildman–Crippen MR) is 23.3 cm³/mol. The van der Waals surface area contributed by atoms with Crippen molar-refractivity contribution >= 4 is 16.3 Å². The van der Waals surface area contributed by atoms with Crippen molar-refractivity contribution in [2.45, 2.75) is 0 Å². The van der Waals surface area contributed by atoms with Crippen molar-refractivity contribution in [1.82, 2.24) is 0 Å². The molecule has 0 fully saturated rings. The Morgan fingerprint density at radius 2 is 2.00 bits per heavy atom. The van der Waals surface area contributed by atoms with Crippen LogP contribution in [0.1, 0.15) is 0 Å². The van der Waals surface area contributed by atoms with Crippen LogP contribution in [0.2, 0.25) is 0 Å². The molecule has 0 rings (SSSR count). The number of nitrogens with one attached hydrogen (secondary N) is 1. The second-order valence-corrected chi connectivity index (χ2v) is 2.38. The van der Waals surface area contributed by atoms with Crippen LogP contribution in [0.15, 0.2) is 0 Å². The zero-order chi connectivity index (χ0) is 5.91. The van der Waals surface area contributed by atoms with E-state index < -0.39 is 15.9 Å². The fourth-order valence-corrected chi connectivity index (χ4v) is 0.306. The van der Waals surface area contributed by atoms with Gasteiger partial charge in [0.15, 0.2) is 0 Å². The Morgan fingerprint density at radius 3 is 2.00 bits per heavy atom. The van der Waals surface area contributed by atoms with E-state index in [2.05, 4.69) is 0 Å². The molecule has 0 heterocycles. The minimum Gasteiger partial charge on any atom is -0.748 e. The van der Waals surface area contributed by atoms with Crippen molar-refractivity contribution in [2.24, 2.45) is 0 Å². The first-order chi connectivity index (χ1) is 3.06. The van der Waals surface area contributed by atoms with E-state index in [4.69, 9.17) is 5.41 Å². The molecular weight excluding hydrogens is 141 g/mol. The summed E-state index contributed by atoms with van der Waals surface area (Å²) >= 11 is 0. The normalized spacial score (nSPS) is 9.62. The second-order valence-electron chi connectivity index (χ2n) is 0.928. The minimum absolute atomic E-state index is 0. The molecule has 4 nitrogen and oxygen atoms in total. The van der Waals surface area contributed by atoms with Gasteiger partial charge in [0, 0.05) is 6.21 Å². The summed E-state index contributed by atoms with van der Waals surface area (Å²) in [5.41, 5.74) is 0. The fraction of sp³-hybridized carbons (Fsp3) is 0.500. The van der Waals surface area contributed by atoms with Crippen molar-refractivity contribution in [3.05, 3.63) is 0 Å². The molecule has 0 unspecified atom stereocenters. The second kappa shape index (κ2) is 4.46. The molecule has 0 aliphatic rings. The first-order valence-corrected chi connectivity index (χ1v) is 3.06. The molecule has 8 heavy (non-hydrogen) atoms. The molecule has 0 bridgehead atoms. The first kappa shape index (κ1) is 11.4. The predicted octanol–water partition coefficient (Wildman–Crippen LogP) is -3.81. The van der Waals surface area contributed by atoms with Crippen LogP contribution >= 0.6 is 0 Å². The van der Waals surface area contributed by atoms with Gasteiger partial charge < -0.3 is 9.96 Å². The molecule has 0 aliphatic carbocycles. The molecule has 0 saturated carbocycles. The smallest absolute Gasteiger partial charge is 0.748 e. The topological polar surface area (TPSA) is 81.0 Å². The molecule has 0 aromatic carbocycles. The van der Waals surface area contributed by atoms with Crippen LogP contribution in [0.5, 0.6) is 0 Å². The number of rotatable bonds is 2. The maximum Gasteiger partial charge on any atom is 1.00 e. The number of hydrogen-bond donors (Lipinski definition) is 1. The Labute approximate surface area is 69.8 Å². The van der Waals surface area contributed by atoms with E-state index in [0.29, 0.717) is 6.21 Å². The third-order valence-electron chi connectivity index (χ3n) is 0.287. The van der Waals surface area contributed by atoms with Gasteiger partial charge in [-0.3, -0.25) is 0 Å². The van der Waals surface area contributed by atoms with Crippen LogP contribution in [0, 0.1) is 5.41 Å². The molecule has 0 radical (unpaired) electrons. The van der Waals surface area contributed by atoms with E-state index in [0.717, 1.165) is 0 Å². The zero-order valence-electron chi connectivity index (χ0n) is 4.42. The molecule has 0 amide bonds. The molecule has 0 spiro atoms. The molecule has 0 atom stereocenters. The van der Waals surface area contributed by atoms with Gasteiger partial charge in [0.05, 0.1) is 15.9 Å². The maximum absolute atomic E-state index is 9.52. The van der Waals surface area contributed by atoms with Crippen LogP contribution in [0.3, 0.4) is 0 Å². The summed E-state index contributed by atoms with van der Waals surface area (Å²) in [6.07, 6.45) is 0.558. The van der Waals surface area contributed by atoms with Crippen molar-refractivity contribution in [2.75, 3.05) is 5.75 Å². The Kier molecular flexibility index (Phi) is 6.34. The third kappa shape index (κ3) is 9.77. The van der Waals surface area contributed by atoms with E-state index in [1.807, 2.05) is 0 Å². The molecule has 42 valence electrons. The van der Waals surface area contributed by atoms with Crippen LogP contribution in [-0.4, -0.2) is 24.9 Å². The summed E-state index contributed by atoms with van der Waals surface area (Å²) in [6, 6.07) is 0. The van der Waals surface area contributed by atoms with E-state index >= 15 is 0 Å².